The van der Waals surface area contributed by atoms with Crippen LogP contribution in [0.2, 0.25) is 0 Å². The maximum absolute atomic E-state index is 13.4. The lowest BCUT2D eigenvalue weighted by molar-refractivity contribution is 0.281. The number of rotatable bonds is 4. The van der Waals surface area contributed by atoms with Crippen LogP contribution in [-0.4, -0.2) is 23.2 Å². The van der Waals surface area contributed by atoms with Gasteiger partial charge in [0, 0.05) is 18.3 Å². The molecule has 0 saturated heterocycles. The van der Waals surface area contributed by atoms with Crippen molar-refractivity contribution in [3.63, 3.8) is 0 Å². The number of benzene rings is 1. The molecule has 0 fully saturated rings. The highest BCUT2D eigenvalue weighted by molar-refractivity contribution is 5.86. The van der Waals surface area contributed by atoms with E-state index in [1.165, 1.54) is 12.1 Å². The summed E-state index contributed by atoms with van der Waals surface area (Å²) < 4.78 is 13.4. The summed E-state index contributed by atoms with van der Waals surface area (Å²) >= 11 is 0. The van der Waals surface area contributed by atoms with Crippen LogP contribution in [0.25, 0.3) is 10.8 Å². The van der Waals surface area contributed by atoms with Crippen LogP contribution in [0, 0.1) is 5.82 Å². The second kappa shape index (κ2) is 5.95. The number of fused-ring (bicyclic) bond motifs is 3. The number of pyridine rings is 1. The molecular weight excluding hydrogens is 271 g/mol. The van der Waals surface area contributed by atoms with E-state index in [9.17, 15) is 9.18 Å². The van der Waals surface area contributed by atoms with Crippen LogP contribution < -0.4 is 10.9 Å². The molecule has 1 aliphatic carbocycles. The molecule has 2 aromatic rings. The predicted molar refractivity (Wildman–Crippen MR) is 79.9 cm³/mol. The SMILES string of the molecule is O=c1[nH]c2c(c3ccc(F)cc13)C(NCCCO)CCC2. The first-order chi connectivity index (χ1) is 10.2. The third kappa shape index (κ3) is 2.71. The molecule has 3 rings (SSSR count). The van der Waals surface area contributed by atoms with Crippen molar-refractivity contribution in [1.29, 1.82) is 0 Å². The summed E-state index contributed by atoms with van der Waals surface area (Å²) in [5.74, 6) is -0.395. The van der Waals surface area contributed by atoms with Gasteiger partial charge in [-0.25, -0.2) is 4.39 Å². The van der Waals surface area contributed by atoms with Gasteiger partial charge in [0.2, 0.25) is 0 Å². The minimum Gasteiger partial charge on any atom is -0.396 e. The first-order valence-electron chi connectivity index (χ1n) is 7.39. The van der Waals surface area contributed by atoms with Crippen LogP contribution >= 0.6 is 0 Å². The first-order valence-corrected chi connectivity index (χ1v) is 7.39. The van der Waals surface area contributed by atoms with E-state index in [0.717, 1.165) is 42.5 Å². The number of aromatic nitrogens is 1. The summed E-state index contributed by atoms with van der Waals surface area (Å²) in [6.45, 7) is 0.882. The third-order valence-electron chi connectivity index (χ3n) is 4.10. The van der Waals surface area contributed by atoms with Gasteiger partial charge in [-0.3, -0.25) is 4.79 Å². The fraction of sp³-hybridized carbons (Fsp3) is 0.438. The van der Waals surface area contributed by atoms with Gasteiger partial charge in [0.15, 0.2) is 0 Å². The summed E-state index contributed by atoms with van der Waals surface area (Å²) in [4.78, 5) is 15.0. The highest BCUT2D eigenvalue weighted by Crippen LogP contribution is 2.33. The molecule has 1 aromatic heterocycles. The maximum Gasteiger partial charge on any atom is 0.256 e. The van der Waals surface area contributed by atoms with E-state index in [1.54, 1.807) is 6.07 Å². The van der Waals surface area contributed by atoms with Crippen molar-refractivity contribution >= 4 is 10.8 Å². The zero-order valence-corrected chi connectivity index (χ0v) is 11.8. The Kier molecular flexibility index (Phi) is 4.03. The lowest BCUT2D eigenvalue weighted by Gasteiger charge is -2.27. The molecule has 0 bridgehead atoms. The van der Waals surface area contributed by atoms with E-state index >= 15 is 0 Å². The van der Waals surface area contributed by atoms with Gasteiger partial charge in [-0.15, -0.1) is 0 Å². The number of aliphatic hydroxyl groups is 1. The summed E-state index contributed by atoms with van der Waals surface area (Å²) in [5, 5.41) is 13.6. The van der Waals surface area contributed by atoms with Gasteiger partial charge in [-0.1, -0.05) is 6.07 Å². The smallest absolute Gasteiger partial charge is 0.256 e. The molecule has 1 unspecified atom stereocenters. The standard InChI is InChI=1S/C16H19FN2O2/c17-10-5-6-11-12(9-10)16(21)19-14-4-1-3-13(15(11)14)18-7-2-8-20/h5-6,9,13,18,20H,1-4,7-8H2,(H,19,21). The van der Waals surface area contributed by atoms with Crippen molar-refractivity contribution in [1.82, 2.24) is 10.3 Å². The van der Waals surface area contributed by atoms with E-state index in [4.69, 9.17) is 5.11 Å². The Hall–Kier alpha value is -1.72. The quantitative estimate of drug-likeness (QED) is 0.755. The largest absolute Gasteiger partial charge is 0.396 e. The summed E-state index contributed by atoms with van der Waals surface area (Å²) in [6.07, 6.45) is 3.53. The Morgan fingerprint density at radius 3 is 3.05 bits per heavy atom. The number of hydrogen-bond donors (Lipinski definition) is 3. The van der Waals surface area contributed by atoms with Crippen molar-refractivity contribution < 1.29 is 9.50 Å². The van der Waals surface area contributed by atoms with E-state index in [2.05, 4.69) is 10.3 Å². The number of aromatic amines is 1. The zero-order valence-electron chi connectivity index (χ0n) is 11.8. The second-order valence-electron chi connectivity index (χ2n) is 5.51. The fourth-order valence-corrected chi connectivity index (χ4v) is 3.16. The van der Waals surface area contributed by atoms with Crippen LogP contribution in [0.4, 0.5) is 4.39 Å². The van der Waals surface area contributed by atoms with Crippen LogP contribution in [0.15, 0.2) is 23.0 Å². The Labute approximate surface area is 122 Å². The van der Waals surface area contributed by atoms with Crippen molar-refractivity contribution in [2.24, 2.45) is 0 Å². The molecule has 1 heterocycles. The van der Waals surface area contributed by atoms with Crippen LogP contribution in [0.5, 0.6) is 0 Å². The van der Waals surface area contributed by atoms with Gasteiger partial charge in [0.05, 0.1) is 5.39 Å². The average molecular weight is 290 g/mol. The Bertz CT molecular complexity index is 711. The Balaban J connectivity index is 2.09. The van der Waals surface area contributed by atoms with Crippen LogP contribution in [-0.2, 0) is 6.42 Å². The Morgan fingerprint density at radius 1 is 1.38 bits per heavy atom. The zero-order chi connectivity index (χ0) is 14.8. The van der Waals surface area contributed by atoms with Gasteiger partial charge in [-0.05, 0) is 55.3 Å². The topological polar surface area (TPSA) is 65.1 Å². The molecule has 0 spiro atoms. The number of aryl methyl sites for hydroxylation is 1. The fourth-order valence-electron chi connectivity index (χ4n) is 3.16. The molecule has 112 valence electrons. The highest BCUT2D eigenvalue weighted by Gasteiger charge is 2.23. The number of halogens is 1. The molecule has 0 aliphatic heterocycles. The number of hydrogen-bond acceptors (Lipinski definition) is 3. The summed E-state index contributed by atoms with van der Waals surface area (Å²) in [5.41, 5.74) is 1.81. The molecule has 0 saturated carbocycles. The number of aliphatic hydroxyl groups excluding tert-OH is 1. The minimum atomic E-state index is -0.395. The normalized spacial score (nSPS) is 17.9. The first kappa shape index (κ1) is 14.2. The van der Waals surface area contributed by atoms with Gasteiger partial charge in [-0.2, -0.15) is 0 Å². The second-order valence-corrected chi connectivity index (χ2v) is 5.51. The molecule has 1 aliphatic rings. The molecular formula is C16H19FN2O2. The van der Waals surface area contributed by atoms with Crippen LogP contribution in [0.1, 0.15) is 36.6 Å². The van der Waals surface area contributed by atoms with Gasteiger partial charge >= 0.3 is 0 Å². The molecule has 0 radical (unpaired) electrons. The van der Waals surface area contributed by atoms with E-state index in [0.29, 0.717) is 11.8 Å². The number of nitrogens with one attached hydrogen (secondary N) is 2. The van der Waals surface area contributed by atoms with E-state index < -0.39 is 5.82 Å². The lowest BCUT2D eigenvalue weighted by atomic mass is 9.87. The van der Waals surface area contributed by atoms with Gasteiger partial charge in [0.25, 0.3) is 5.56 Å². The molecule has 4 nitrogen and oxygen atoms in total. The van der Waals surface area contributed by atoms with Crippen molar-refractivity contribution in [2.45, 2.75) is 31.7 Å². The number of H-pyrrole nitrogens is 1. The monoisotopic (exact) mass is 290 g/mol. The Morgan fingerprint density at radius 2 is 2.24 bits per heavy atom. The molecule has 1 aromatic carbocycles. The van der Waals surface area contributed by atoms with Crippen LogP contribution in [0.3, 0.4) is 0 Å². The highest BCUT2D eigenvalue weighted by atomic mass is 19.1. The van der Waals surface area contributed by atoms with E-state index in [-0.39, 0.29) is 18.2 Å². The van der Waals surface area contributed by atoms with E-state index in [1.807, 2.05) is 0 Å². The molecule has 0 amide bonds. The predicted octanol–water partition coefficient (Wildman–Crippen LogP) is 2.02. The average Bonchev–Trinajstić information content (AvgIpc) is 2.48. The van der Waals surface area contributed by atoms with Gasteiger partial charge in [0.1, 0.15) is 5.82 Å². The minimum absolute atomic E-state index is 0.144. The van der Waals surface area contributed by atoms with Crippen molar-refractivity contribution in [3.8, 4) is 0 Å². The summed E-state index contributed by atoms with van der Waals surface area (Å²) in [6, 6.07) is 4.55. The van der Waals surface area contributed by atoms with Crippen molar-refractivity contribution in [3.05, 3.63) is 45.6 Å². The summed E-state index contributed by atoms with van der Waals surface area (Å²) in [7, 11) is 0. The molecule has 21 heavy (non-hydrogen) atoms. The molecule has 5 heteroatoms. The maximum atomic E-state index is 13.4. The van der Waals surface area contributed by atoms with Crippen molar-refractivity contribution in [2.75, 3.05) is 13.2 Å². The third-order valence-corrected chi connectivity index (χ3v) is 4.10. The molecule has 3 N–H and O–H groups in total. The lowest BCUT2D eigenvalue weighted by Crippen LogP contribution is -2.29. The van der Waals surface area contributed by atoms with Gasteiger partial charge < -0.3 is 15.4 Å². The molecule has 1 atom stereocenters.